The summed E-state index contributed by atoms with van der Waals surface area (Å²) in [6, 6.07) is 8.66. The topological polar surface area (TPSA) is 110 Å². The standard InChI is InChI=1S/C18H18N2O4S.C4H9NO/c1-4-24-18(22)14-10(2)20-16(25)13(9-19)15(14)11-5-7-12(8-6-11)17(21)23-3;1-3-6-4-2-5-1/h5-8,15,20,25H,4H2,1-3H3;5H,1-4H2. The van der Waals surface area contributed by atoms with Crippen LogP contribution in [0, 0.1) is 11.3 Å². The highest BCUT2D eigenvalue weighted by molar-refractivity contribution is 7.84. The van der Waals surface area contributed by atoms with Gasteiger partial charge in [0.05, 0.1) is 60.7 Å². The van der Waals surface area contributed by atoms with Crippen LogP contribution in [0.25, 0.3) is 0 Å². The number of nitrogens with one attached hydrogen (secondary N) is 2. The summed E-state index contributed by atoms with van der Waals surface area (Å²) in [5.41, 5.74) is 2.29. The number of nitriles is 1. The lowest BCUT2D eigenvalue weighted by atomic mass is 9.82. The van der Waals surface area contributed by atoms with Crippen LogP contribution < -0.4 is 10.6 Å². The highest BCUT2D eigenvalue weighted by Crippen LogP contribution is 2.39. The van der Waals surface area contributed by atoms with Gasteiger partial charge in [0, 0.05) is 18.8 Å². The molecule has 1 unspecified atom stereocenters. The molecule has 1 aromatic rings. The van der Waals surface area contributed by atoms with Crippen molar-refractivity contribution in [2.24, 2.45) is 0 Å². The van der Waals surface area contributed by atoms with Crippen LogP contribution in [0.15, 0.2) is 46.1 Å². The van der Waals surface area contributed by atoms with Gasteiger partial charge in [0.25, 0.3) is 0 Å². The first kappa shape index (κ1) is 24.5. The lowest BCUT2D eigenvalue weighted by Crippen LogP contribution is -2.30. The van der Waals surface area contributed by atoms with E-state index in [4.69, 9.17) is 9.47 Å². The molecule has 0 bridgehead atoms. The third kappa shape index (κ3) is 6.34. The second-order valence-corrected chi connectivity index (χ2v) is 7.11. The number of morpholine rings is 1. The second kappa shape index (κ2) is 12.2. The molecule has 0 radical (unpaired) electrons. The minimum absolute atomic E-state index is 0.225. The maximum Gasteiger partial charge on any atom is 0.337 e. The molecule has 9 heteroatoms. The van der Waals surface area contributed by atoms with Crippen LogP contribution >= 0.6 is 12.6 Å². The molecule has 3 rings (SSSR count). The van der Waals surface area contributed by atoms with E-state index < -0.39 is 17.9 Å². The minimum Gasteiger partial charge on any atom is -0.465 e. The number of thiol groups is 1. The lowest BCUT2D eigenvalue weighted by molar-refractivity contribution is -0.138. The van der Waals surface area contributed by atoms with Crippen molar-refractivity contribution in [3.8, 4) is 6.07 Å². The Hall–Kier alpha value is -2.80. The molecule has 2 heterocycles. The summed E-state index contributed by atoms with van der Waals surface area (Å²) in [6.45, 7) is 7.50. The summed E-state index contributed by atoms with van der Waals surface area (Å²) in [6.07, 6.45) is 0. The van der Waals surface area contributed by atoms with Gasteiger partial charge in [-0.2, -0.15) is 5.26 Å². The fourth-order valence-electron chi connectivity index (χ4n) is 3.19. The van der Waals surface area contributed by atoms with Gasteiger partial charge < -0.3 is 24.8 Å². The van der Waals surface area contributed by atoms with Gasteiger partial charge in [0.2, 0.25) is 0 Å². The molecule has 0 aliphatic carbocycles. The Morgan fingerprint density at radius 1 is 1.23 bits per heavy atom. The number of ether oxygens (including phenoxy) is 3. The van der Waals surface area contributed by atoms with Gasteiger partial charge in [-0.05, 0) is 31.5 Å². The number of hydrogen-bond donors (Lipinski definition) is 3. The van der Waals surface area contributed by atoms with Gasteiger partial charge in [-0.1, -0.05) is 12.1 Å². The fourth-order valence-corrected chi connectivity index (χ4v) is 3.53. The number of esters is 2. The van der Waals surface area contributed by atoms with Gasteiger partial charge in [-0.25, -0.2) is 9.59 Å². The Morgan fingerprint density at radius 2 is 1.87 bits per heavy atom. The van der Waals surface area contributed by atoms with Gasteiger partial charge >= 0.3 is 11.9 Å². The Morgan fingerprint density at radius 3 is 2.32 bits per heavy atom. The number of nitrogens with zero attached hydrogens (tertiary/aromatic N) is 1. The summed E-state index contributed by atoms with van der Waals surface area (Å²) < 4.78 is 14.8. The van der Waals surface area contributed by atoms with Gasteiger partial charge in [0.15, 0.2) is 0 Å². The molecule has 1 saturated heterocycles. The average molecular weight is 446 g/mol. The summed E-state index contributed by atoms with van der Waals surface area (Å²) in [4.78, 5) is 24.0. The van der Waals surface area contributed by atoms with Crippen molar-refractivity contribution >= 4 is 24.6 Å². The second-order valence-electron chi connectivity index (χ2n) is 6.67. The molecule has 31 heavy (non-hydrogen) atoms. The molecule has 2 N–H and O–H groups in total. The molecular weight excluding hydrogens is 418 g/mol. The van der Waals surface area contributed by atoms with Crippen molar-refractivity contribution in [2.75, 3.05) is 40.0 Å². The molecule has 2 aliphatic rings. The predicted octanol–water partition coefficient (Wildman–Crippen LogP) is 2.27. The van der Waals surface area contributed by atoms with E-state index in [9.17, 15) is 14.9 Å². The number of hydrogen-bond acceptors (Lipinski definition) is 9. The van der Waals surface area contributed by atoms with E-state index in [2.05, 4.69) is 34.1 Å². The zero-order valence-corrected chi connectivity index (χ0v) is 18.8. The van der Waals surface area contributed by atoms with Crippen molar-refractivity contribution in [3.05, 3.63) is 57.3 Å². The zero-order valence-electron chi connectivity index (χ0n) is 17.9. The van der Waals surface area contributed by atoms with Crippen LogP contribution in [-0.4, -0.2) is 52.0 Å². The summed E-state index contributed by atoms with van der Waals surface area (Å²) in [5, 5.41) is 16.0. The van der Waals surface area contributed by atoms with E-state index in [1.807, 2.05) is 0 Å². The first-order valence-electron chi connectivity index (χ1n) is 9.89. The Kier molecular flexibility index (Phi) is 9.59. The van der Waals surface area contributed by atoms with E-state index in [0.717, 1.165) is 26.3 Å². The van der Waals surface area contributed by atoms with E-state index in [-0.39, 0.29) is 6.61 Å². The van der Waals surface area contributed by atoms with Crippen LogP contribution in [0.4, 0.5) is 0 Å². The maximum absolute atomic E-state index is 12.4. The van der Waals surface area contributed by atoms with Crippen LogP contribution in [-0.2, 0) is 19.0 Å². The highest BCUT2D eigenvalue weighted by Gasteiger charge is 2.34. The highest BCUT2D eigenvalue weighted by atomic mass is 32.1. The molecule has 1 atom stereocenters. The molecule has 0 amide bonds. The summed E-state index contributed by atoms with van der Waals surface area (Å²) in [5.74, 6) is -1.58. The van der Waals surface area contributed by atoms with Gasteiger partial charge in [-0.3, -0.25) is 0 Å². The number of dihydropyridines is 1. The number of methoxy groups -OCH3 is 1. The van der Waals surface area contributed by atoms with Gasteiger partial charge in [0.1, 0.15) is 0 Å². The van der Waals surface area contributed by atoms with Crippen LogP contribution in [0.2, 0.25) is 0 Å². The van der Waals surface area contributed by atoms with Crippen LogP contribution in [0.1, 0.15) is 35.7 Å². The average Bonchev–Trinajstić information content (AvgIpc) is 2.80. The molecule has 166 valence electrons. The quantitative estimate of drug-likeness (QED) is 0.478. The molecule has 0 saturated carbocycles. The van der Waals surface area contributed by atoms with Crippen molar-refractivity contribution in [2.45, 2.75) is 19.8 Å². The molecular formula is C22H27N3O5S. The molecule has 0 spiro atoms. The first-order chi connectivity index (χ1) is 14.9. The van der Waals surface area contributed by atoms with Gasteiger partial charge in [-0.15, -0.1) is 12.6 Å². The van der Waals surface area contributed by atoms with E-state index in [1.165, 1.54) is 7.11 Å². The molecule has 8 nitrogen and oxygen atoms in total. The predicted molar refractivity (Wildman–Crippen MR) is 118 cm³/mol. The molecule has 1 aromatic carbocycles. The van der Waals surface area contributed by atoms with Crippen molar-refractivity contribution in [1.29, 1.82) is 5.26 Å². The van der Waals surface area contributed by atoms with E-state index >= 15 is 0 Å². The number of carbonyl (C=O) groups is 2. The number of allylic oxidation sites excluding steroid dienone is 2. The van der Waals surface area contributed by atoms with Crippen molar-refractivity contribution in [1.82, 2.24) is 10.6 Å². The van der Waals surface area contributed by atoms with E-state index in [1.54, 1.807) is 38.1 Å². The van der Waals surface area contributed by atoms with E-state index in [0.29, 0.717) is 33.0 Å². The van der Waals surface area contributed by atoms with Crippen molar-refractivity contribution < 1.29 is 23.8 Å². The largest absolute Gasteiger partial charge is 0.465 e. The smallest absolute Gasteiger partial charge is 0.337 e. The molecule has 0 aromatic heterocycles. The number of carbonyl (C=O) groups excluding carboxylic acids is 2. The Bertz CT molecular complexity index is 887. The lowest BCUT2D eigenvalue weighted by Gasteiger charge is -2.28. The van der Waals surface area contributed by atoms with Crippen LogP contribution in [0.3, 0.4) is 0 Å². The number of benzene rings is 1. The normalized spacial score (nSPS) is 18.2. The first-order valence-corrected chi connectivity index (χ1v) is 10.3. The van der Waals surface area contributed by atoms with Crippen molar-refractivity contribution in [3.63, 3.8) is 0 Å². The third-order valence-corrected chi connectivity index (χ3v) is 5.02. The third-order valence-electron chi connectivity index (χ3n) is 4.67. The molecule has 2 aliphatic heterocycles. The maximum atomic E-state index is 12.4. The number of rotatable bonds is 4. The molecule has 1 fully saturated rings. The Labute approximate surface area is 187 Å². The summed E-state index contributed by atoms with van der Waals surface area (Å²) in [7, 11) is 1.30. The minimum atomic E-state index is -0.621. The zero-order chi connectivity index (χ0) is 22.8. The Balaban J connectivity index is 0.000000488. The fraction of sp³-hybridized carbons (Fsp3) is 0.409. The SMILES string of the molecule is C1COCCN1.CCOC(=O)C1=C(C)NC(S)=C(C#N)C1c1ccc(C(=O)OC)cc1. The van der Waals surface area contributed by atoms with Crippen LogP contribution in [0.5, 0.6) is 0 Å². The monoisotopic (exact) mass is 445 g/mol. The summed E-state index contributed by atoms with van der Waals surface area (Å²) >= 11 is 4.32.